The summed E-state index contributed by atoms with van der Waals surface area (Å²) in [5, 5.41) is 9.18. The van der Waals surface area contributed by atoms with Gasteiger partial charge in [-0.25, -0.2) is 0 Å². The third kappa shape index (κ3) is 5.48. The lowest BCUT2D eigenvalue weighted by Crippen LogP contribution is -2.45. The van der Waals surface area contributed by atoms with Crippen LogP contribution in [0.5, 0.6) is 0 Å². The Morgan fingerprint density at radius 1 is 1.12 bits per heavy atom. The second-order valence-corrected chi connectivity index (χ2v) is 6.28. The SMILES string of the molecule is CN=C(NCC(=O)NCc1ccco1)NCC1(c2ccccc2)CC1.I. The zero-order chi connectivity index (χ0) is 17.5. The van der Waals surface area contributed by atoms with Crippen LogP contribution < -0.4 is 16.0 Å². The summed E-state index contributed by atoms with van der Waals surface area (Å²) < 4.78 is 5.18. The molecule has 26 heavy (non-hydrogen) atoms. The molecule has 1 aromatic heterocycles. The highest BCUT2D eigenvalue weighted by Crippen LogP contribution is 2.47. The molecule has 0 spiro atoms. The van der Waals surface area contributed by atoms with Crippen LogP contribution in [0.1, 0.15) is 24.2 Å². The number of amides is 1. The lowest BCUT2D eigenvalue weighted by Gasteiger charge is -2.19. The van der Waals surface area contributed by atoms with Gasteiger partial charge in [0.1, 0.15) is 5.76 Å². The molecule has 0 radical (unpaired) electrons. The van der Waals surface area contributed by atoms with Crippen LogP contribution in [0.4, 0.5) is 0 Å². The number of nitrogens with one attached hydrogen (secondary N) is 3. The first kappa shape index (κ1) is 20.3. The third-order valence-electron chi connectivity index (χ3n) is 4.51. The van der Waals surface area contributed by atoms with Crippen molar-refractivity contribution in [2.75, 3.05) is 20.1 Å². The number of benzene rings is 1. The topological polar surface area (TPSA) is 78.7 Å². The highest BCUT2D eigenvalue weighted by Gasteiger charge is 2.43. The van der Waals surface area contributed by atoms with Gasteiger partial charge in [-0.2, -0.15) is 0 Å². The van der Waals surface area contributed by atoms with Crippen molar-refractivity contribution in [1.82, 2.24) is 16.0 Å². The highest BCUT2D eigenvalue weighted by molar-refractivity contribution is 14.0. The lowest BCUT2D eigenvalue weighted by atomic mass is 9.96. The Bertz CT molecular complexity index is 712. The van der Waals surface area contributed by atoms with Gasteiger partial charge >= 0.3 is 0 Å². The molecular weight excluding hydrogens is 443 g/mol. The van der Waals surface area contributed by atoms with E-state index in [1.54, 1.807) is 19.4 Å². The minimum Gasteiger partial charge on any atom is -0.467 e. The van der Waals surface area contributed by atoms with Crippen LogP contribution in [0.25, 0.3) is 0 Å². The fourth-order valence-electron chi connectivity index (χ4n) is 2.81. The van der Waals surface area contributed by atoms with Crippen LogP contribution in [0.3, 0.4) is 0 Å². The summed E-state index contributed by atoms with van der Waals surface area (Å²) in [4.78, 5) is 16.1. The lowest BCUT2D eigenvalue weighted by molar-refractivity contribution is -0.120. The second kappa shape index (κ2) is 9.61. The Hall–Kier alpha value is -2.03. The van der Waals surface area contributed by atoms with E-state index in [9.17, 15) is 4.79 Å². The van der Waals surface area contributed by atoms with E-state index in [4.69, 9.17) is 4.42 Å². The zero-order valence-corrected chi connectivity index (χ0v) is 17.2. The number of nitrogens with zero attached hydrogens (tertiary/aromatic N) is 1. The van der Waals surface area contributed by atoms with Crippen molar-refractivity contribution in [1.29, 1.82) is 0 Å². The minimum absolute atomic E-state index is 0. The predicted molar refractivity (Wildman–Crippen MR) is 113 cm³/mol. The number of hydrogen-bond donors (Lipinski definition) is 3. The molecule has 0 bridgehead atoms. The van der Waals surface area contributed by atoms with Gasteiger partial charge in [0, 0.05) is 19.0 Å². The zero-order valence-electron chi connectivity index (χ0n) is 14.8. The van der Waals surface area contributed by atoms with E-state index in [0.29, 0.717) is 12.5 Å². The van der Waals surface area contributed by atoms with Crippen molar-refractivity contribution in [3.8, 4) is 0 Å². The summed E-state index contributed by atoms with van der Waals surface area (Å²) in [7, 11) is 1.71. The van der Waals surface area contributed by atoms with Crippen LogP contribution in [0.15, 0.2) is 58.1 Å². The smallest absolute Gasteiger partial charge is 0.239 e. The third-order valence-corrected chi connectivity index (χ3v) is 4.51. The maximum Gasteiger partial charge on any atom is 0.239 e. The number of carbonyl (C=O) groups excluding carboxylic acids is 1. The number of aliphatic imine (C=N–C) groups is 1. The molecule has 3 N–H and O–H groups in total. The number of halogens is 1. The van der Waals surface area contributed by atoms with E-state index >= 15 is 0 Å². The first-order valence-corrected chi connectivity index (χ1v) is 8.51. The molecule has 1 saturated carbocycles. The summed E-state index contributed by atoms with van der Waals surface area (Å²) in [6, 6.07) is 14.2. The van der Waals surface area contributed by atoms with Gasteiger partial charge in [0.2, 0.25) is 5.91 Å². The van der Waals surface area contributed by atoms with Gasteiger partial charge in [0.25, 0.3) is 0 Å². The molecular formula is C19H25IN4O2. The first-order chi connectivity index (χ1) is 12.2. The Labute approximate surface area is 170 Å². The Morgan fingerprint density at radius 3 is 2.50 bits per heavy atom. The molecule has 6 nitrogen and oxygen atoms in total. The van der Waals surface area contributed by atoms with E-state index in [1.165, 1.54) is 18.4 Å². The van der Waals surface area contributed by atoms with Gasteiger partial charge in [-0.1, -0.05) is 30.3 Å². The van der Waals surface area contributed by atoms with Crippen molar-refractivity contribution in [2.24, 2.45) is 4.99 Å². The normalized spacial score (nSPS) is 14.9. The average molecular weight is 468 g/mol. The van der Waals surface area contributed by atoms with Gasteiger partial charge in [-0.15, -0.1) is 24.0 Å². The predicted octanol–water partition coefficient (Wildman–Crippen LogP) is 2.41. The van der Waals surface area contributed by atoms with Crippen molar-refractivity contribution < 1.29 is 9.21 Å². The van der Waals surface area contributed by atoms with Crippen LogP contribution >= 0.6 is 24.0 Å². The molecule has 1 amide bonds. The van der Waals surface area contributed by atoms with Crippen LogP contribution in [-0.4, -0.2) is 32.0 Å². The number of furan rings is 1. The molecule has 0 atom stereocenters. The molecule has 0 unspecified atom stereocenters. The second-order valence-electron chi connectivity index (χ2n) is 6.28. The van der Waals surface area contributed by atoms with E-state index in [2.05, 4.69) is 45.2 Å². The number of hydrogen-bond acceptors (Lipinski definition) is 3. The summed E-state index contributed by atoms with van der Waals surface area (Å²) in [5.74, 6) is 1.26. The van der Waals surface area contributed by atoms with Gasteiger partial charge < -0.3 is 20.4 Å². The summed E-state index contributed by atoms with van der Waals surface area (Å²) in [6.45, 7) is 1.36. The van der Waals surface area contributed by atoms with E-state index in [0.717, 1.165) is 12.3 Å². The largest absolute Gasteiger partial charge is 0.467 e. The van der Waals surface area contributed by atoms with E-state index < -0.39 is 0 Å². The Kier molecular flexibility index (Phi) is 7.50. The minimum atomic E-state index is -0.108. The molecule has 1 fully saturated rings. The van der Waals surface area contributed by atoms with Crippen LogP contribution in [0.2, 0.25) is 0 Å². The van der Waals surface area contributed by atoms with Crippen molar-refractivity contribution >= 4 is 35.8 Å². The summed E-state index contributed by atoms with van der Waals surface area (Å²) in [5.41, 5.74) is 1.55. The molecule has 0 aliphatic heterocycles. The molecule has 1 aliphatic carbocycles. The number of rotatable bonds is 7. The summed E-state index contributed by atoms with van der Waals surface area (Å²) in [6.07, 6.45) is 3.93. The monoisotopic (exact) mass is 468 g/mol. The molecule has 3 rings (SSSR count). The molecule has 140 valence electrons. The number of guanidine groups is 1. The van der Waals surface area contributed by atoms with Crippen LogP contribution in [-0.2, 0) is 16.8 Å². The fourth-order valence-corrected chi connectivity index (χ4v) is 2.81. The fraction of sp³-hybridized carbons (Fsp3) is 0.368. The first-order valence-electron chi connectivity index (χ1n) is 8.51. The average Bonchev–Trinajstić information content (AvgIpc) is 3.26. The molecule has 7 heteroatoms. The van der Waals surface area contributed by atoms with Crippen molar-refractivity contribution in [3.05, 3.63) is 60.1 Å². The standard InChI is InChI=1S/C19H24N4O2.HI/c1-20-18(22-13-17(24)21-12-16-8-5-11-25-16)23-14-19(9-10-19)15-6-3-2-4-7-15;/h2-8,11H,9-10,12-14H2,1H3,(H,21,24)(H2,20,22,23);1H. The molecule has 2 aromatic rings. The van der Waals surface area contributed by atoms with Gasteiger partial charge in [-0.3, -0.25) is 9.79 Å². The van der Waals surface area contributed by atoms with E-state index in [1.807, 2.05) is 12.1 Å². The maximum absolute atomic E-state index is 11.9. The number of carbonyl (C=O) groups is 1. The molecule has 1 aromatic carbocycles. The van der Waals surface area contributed by atoms with Crippen LogP contribution in [0, 0.1) is 0 Å². The maximum atomic E-state index is 11.9. The molecule has 0 saturated heterocycles. The van der Waals surface area contributed by atoms with Gasteiger partial charge in [-0.05, 0) is 30.5 Å². The van der Waals surface area contributed by atoms with Gasteiger partial charge in [0.15, 0.2) is 5.96 Å². The summed E-state index contributed by atoms with van der Waals surface area (Å²) >= 11 is 0. The van der Waals surface area contributed by atoms with Gasteiger partial charge in [0.05, 0.1) is 19.4 Å². The quantitative estimate of drug-likeness (QED) is 0.332. The highest BCUT2D eigenvalue weighted by atomic mass is 127. The van der Waals surface area contributed by atoms with Crippen molar-refractivity contribution in [2.45, 2.75) is 24.8 Å². The Morgan fingerprint density at radius 2 is 1.88 bits per heavy atom. The molecule has 1 aliphatic rings. The van der Waals surface area contributed by atoms with E-state index in [-0.39, 0.29) is 41.8 Å². The van der Waals surface area contributed by atoms with Crippen molar-refractivity contribution in [3.63, 3.8) is 0 Å². The Balaban J connectivity index is 0.00000243. The molecule has 1 heterocycles.